The first-order valence-electron chi connectivity index (χ1n) is 4.52. The van der Waals surface area contributed by atoms with Crippen LogP contribution < -0.4 is 5.73 Å². The van der Waals surface area contributed by atoms with Crippen molar-refractivity contribution < 1.29 is 0 Å². The van der Waals surface area contributed by atoms with Gasteiger partial charge >= 0.3 is 0 Å². The highest BCUT2D eigenvalue weighted by atomic mass is 79.9. The molecular formula is C10H9BrClN3. The fourth-order valence-corrected chi connectivity index (χ4v) is 2.09. The SMILES string of the molecule is CCc1cc2c(N)ncc(Br)c2nc1Cl. The average Bonchev–Trinajstić information content (AvgIpc) is 2.23. The zero-order valence-electron chi connectivity index (χ0n) is 8.09. The van der Waals surface area contributed by atoms with Crippen LogP contribution in [0.25, 0.3) is 10.9 Å². The Labute approximate surface area is 101 Å². The molecule has 0 saturated heterocycles. The predicted octanol–water partition coefficient (Wildman–Crippen LogP) is 3.19. The minimum absolute atomic E-state index is 0.479. The number of halogens is 2. The summed E-state index contributed by atoms with van der Waals surface area (Å²) in [5, 5.41) is 1.36. The molecule has 0 saturated carbocycles. The van der Waals surface area contributed by atoms with E-state index in [1.54, 1.807) is 6.20 Å². The maximum Gasteiger partial charge on any atom is 0.133 e. The largest absolute Gasteiger partial charge is 0.383 e. The summed E-state index contributed by atoms with van der Waals surface area (Å²) in [6, 6.07) is 1.94. The third kappa shape index (κ3) is 1.79. The molecule has 0 unspecified atom stereocenters. The van der Waals surface area contributed by atoms with Gasteiger partial charge in [-0.3, -0.25) is 0 Å². The van der Waals surface area contributed by atoms with Crippen molar-refractivity contribution in [3.8, 4) is 0 Å². The lowest BCUT2D eigenvalue weighted by atomic mass is 10.1. The van der Waals surface area contributed by atoms with Crippen LogP contribution in [0.1, 0.15) is 12.5 Å². The summed E-state index contributed by atoms with van der Waals surface area (Å²) in [6.45, 7) is 2.02. The third-order valence-corrected chi connectivity index (χ3v) is 3.16. The highest BCUT2D eigenvalue weighted by molar-refractivity contribution is 9.10. The van der Waals surface area contributed by atoms with Gasteiger partial charge in [0, 0.05) is 11.6 Å². The number of pyridine rings is 2. The second-order valence-corrected chi connectivity index (χ2v) is 4.39. The molecule has 0 amide bonds. The third-order valence-electron chi connectivity index (χ3n) is 2.25. The van der Waals surface area contributed by atoms with Gasteiger partial charge in [0.15, 0.2) is 0 Å². The smallest absolute Gasteiger partial charge is 0.133 e. The van der Waals surface area contributed by atoms with Crippen molar-refractivity contribution in [3.63, 3.8) is 0 Å². The van der Waals surface area contributed by atoms with Crippen LogP contribution in [0.5, 0.6) is 0 Å². The van der Waals surface area contributed by atoms with E-state index in [0.717, 1.165) is 27.4 Å². The zero-order chi connectivity index (χ0) is 11.0. The first kappa shape index (κ1) is 10.6. The number of anilines is 1. The second-order valence-electron chi connectivity index (χ2n) is 3.18. The molecule has 0 aliphatic rings. The number of nitrogens with zero attached hydrogens (tertiary/aromatic N) is 2. The summed E-state index contributed by atoms with van der Waals surface area (Å²) in [4.78, 5) is 8.37. The van der Waals surface area contributed by atoms with E-state index in [2.05, 4.69) is 25.9 Å². The topological polar surface area (TPSA) is 51.8 Å². The van der Waals surface area contributed by atoms with Gasteiger partial charge in [0.05, 0.1) is 9.99 Å². The van der Waals surface area contributed by atoms with Gasteiger partial charge in [-0.05, 0) is 34.0 Å². The van der Waals surface area contributed by atoms with Gasteiger partial charge in [-0.2, -0.15) is 0 Å². The highest BCUT2D eigenvalue weighted by Crippen LogP contribution is 2.28. The van der Waals surface area contributed by atoms with E-state index in [1.165, 1.54) is 0 Å². The Hall–Kier alpha value is -0.870. The Bertz CT molecular complexity index is 528. The maximum absolute atomic E-state index is 6.03. The number of rotatable bonds is 1. The van der Waals surface area contributed by atoms with Gasteiger partial charge in [-0.25, -0.2) is 9.97 Å². The van der Waals surface area contributed by atoms with Crippen LogP contribution in [-0.4, -0.2) is 9.97 Å². The molecule has 0 atom stereocenters. The lowest BCUT2D eigenvalue weighted by Crippen LogP contribution is -1.96. The number of hydrogen-bond donors (Lipinski definition) is 1. The molecule has 0 aliphatic carbocycles. The molecular weight excluding hydrogens is 277 g/mol. The number of hydrogen-bond acceptors (Lipinski definition) is 3. The fourth-order valence-electron chi connectivity index (χ4n) is 1.41. The van der Waals surface area contributed by atoms with Crippen LogP contribution in [0.2, 0.25) is 5.15 Å². The molecule has 0 fully saturated rings. The van der Waals surface area contributed by atoms with E-state index in [4.69, 9.17) is 17.3 Å². The van der Waals surface area contributed by atoms with Crippen LogP contribution in [0.15, 0.2) is 16.7 Å². The van der Waals surface area contributed by atoms with Crippen molar-refractivity contribution >= 4 is 44.3 Å². The standard InChI is InChI=1S/C10H9BrClN3/c1-2-5-3-6-8(15-9(5)12)7(11)4-14-10(6)13/h3-4H,2H2,1H3,(H2,13,14). The fraction of sp³-hybridized carbons (Fsp3) is 0.200. The predicted molar refractivity (Wildman–Crippen MR) is 66.0 cm³/mol. The van der Waals surface area contributed by atoms with Gasteiger partial charge in [-0.15, -0.1) is 0 Å². The van der Waals surface area contributed by atoms with Crippen LogP contribution in [-0.2, 0) is 6.42 Å². The van der Waals surface area contributed by atoms with Gasteiger partial charge < -0.3 is 5.73 Å². The average molecular weight is 287 g/mol. The van der Waals surface area contributed by atoms with Crippen molar-refractivity contribution in [2.45, 2.75) is 13.3 Å². The lowest BCUT2D eigenvalue weighted by Gasteiger charge is -2.06. The van der Waals surface area contributed by atoms with Gasteiger partial charge in [0.2, 0.25) is 0 Å². The molecule has 0 aliphatic heterocycles. The Morgan fingerprint density at radius 1 is 1.53 bits per heavy atom. The number of fused-ring (bicyclic) bond motifs is 1. The Kier molecular flexibility index (Phi) is 2.80. The molecule has 3 nitrogen and oxygen atoms in total. The van der Waals surface area contributed by atoms with Crippen LogP contribution in [0, 0.1) is 0 Å². The maximum atomic E-state index is 6.03. The molecule has 0 aromatic carbocycles. The molecule has 2 rings (SSSR count). The van der Waals surface area contributed by atoms with E-state index in [9.17, 15) is 0 Å². The Morgan fingerprint density at radius 3 is 2.93 bits per heavy atom. The van der Waals surface area contributed by atoms with Crippen molar-refractivity contribution in [3.05, 3.63) is 27.5 Å². The highest BCUT2D eigenvalue weighted by Gasteiger charge is 2.09. The van der Waals surface area contributed by atoms with Crippen LogP contribution in [0.4, 0.5) is 5.82 Å². The molecule has 5 heteroatoms. The molecule has 15 heavy (non-hydrogen) atoms. The first-order chi connectivity index (χ1) is 7.13. The molecule has 2 heterocycles. The number of nitrogen functional groups attached to an aromatic ring is 1. The van der Waals surface area contributed by atoms with E-state index in [0.29, 0.717) is 11.0 Å². The number of aromatic nitrogens is 2. The van der Waals surface area contributed by atoms with E-state index < -0.39 is 0 Å². The van der Waals surface area contributed by atoms with E-state index >= 15 is 0 Å². The summed E-state index contributed by atoms with van der Waals surface area (Å²) in [5.41, 5.74) is 7.52. The summed E-state index contributed by atoms with van der Waals surface area (Å²) < 4.78 is 0.802. The number of nitrogens with two attached hydrogens (primary N) is 1. The molecule has 0 radical (unpaired) electrons. The van der Waals surface area contributed by atoms with Crippen molar-refractivity contribution in [2.24, 2.45) is 0 Å². The molecule has 78 valence electrons. The van der Waals surface area contributed by atoms with Gasteiger partial charge in [-0.1, -0.05) is 18.5 Å². The summed E-state index contributed by atoms with van der Waals surface area (Å²) in [6.07, 6.45) is 2.46. The molecule has 2 aromatic heterocycles. The van der Waals surface area contributed by atoms with E-state index in [1.807, 2.05) is 13.0 Å². The van der Waals surface area contributed by atoms with Crippen LogP contribution in [0.3, 0.4) is 0 Å². The minimum atomic E-state index is 0.479. The zero-order valence-corrected chi connectivity index (χ0v) is 10.4. The van der Waals surface area contributed by atoms with Gasteiger partial charge in [0.25, 0.3) is 0 Å². The minimum Gasteiger partial charge on any atom is -0.383 e. The van der Waals surface area contributed by atoms with Crippen molar-refractivity contribution in [2.75, 3.05) is 5.73 Å². The van der Waals surface area contributed by atoms with E-state index in [-0.39, 0.29) is 0 Å². The monoisotopic (exact) mass is 285 g/mol. The quantitative estimate of drug-likeness (QED) is 0.819. The number of aryl methyl sites for hydroxylation is 1. The van der Waals surface area contributed by atoms with Gasteiger partial charge in [0.1, 0.15) is 11.0 Å². The van der Waals surface area contributed by atoms with Crippen LogP contribution >= 0.6 is 27.5 Å². The summed E-state index contributed by atoms with van der Waals surface area (Å²) in [7, 11) is 0. The normalized spacial score (nSPS) is 10.9. The van der Waals surface area contributed by atoms with Crippen molar-refractivity contribution in [1.82, 2.24) is 9.97 Å². The van der Waals surface area contributed by atoms with Crippen molar-refractivity contribution in [1.29, 1.82) is 0 Å². The Balaban J connectivity index is 2.86. The summed E-state index contributed by atoms with van der Waals surface area (Å²) >= 11 is 9.41. The lowest BCUT2D eigenvalue weighted by molar-refractivity contribution is 1.12. The molecule has 2 aromatic rings. The molecule has 2 N–H and O–H groups in total. The first-order valence-corrected chi connectivity index (χ1v) is 5.69. The molecule has 0 spiro atoms. The second kappa shape index (κ2) is 3.94. The Morgan fingerprint density at radius 2 is 2.27 bits per heavy atom. The summed E-state index contributed by atoms with van der Waals surface area (Å²) in [5.74, 6) is 0.479. The molecule has 0 bridgehead atoms.